The van der Waals surface area contributed by atoms with Gasteiger partial charge in [0.1, 0.15) is 0 Å². The molecule has 0 aromatic rings. The Morgan fingerprint density at radius 3 is 2.20 bits per heavy atom. The Morgan fingerprint density at radius 1 is 0.960 bits per heavy atom. The third kappa shape index (κ3) is 18.3. The maximum atomic E-state index is 10.4. The molecule has 0 aromatic carbocycles. The van der Waals surface area contributed by atoms with E-state index in [4.69, 9.17) is 10.4 Å². The van der Waals surface area contributed by atoms with Crippen LogP contribution in [0.3, 0.4) is 0 Å². The fourth-order valence-corrected chi connectivity index (χ4v) is 3.57. The molecule has 0 radical (unpaired) electrons. The Morgan fingerprint density at radius 2 is 1.56 bits per heavy atom. The molecule has 0 aliphatic rings. The lowest BCUT2D eigenvalue weighted by atomic mass is 10.0. The average Bonchev–Trinajstić information content (AvgIpc) is 2.58. The fourth-order valence-electron chi connectivity index (χ4n) is 2.86. The summed E-state index contributed by atoms with van der Waals surface area (Å²) in [4.78, 5) is 10.4. The minimum atomic E-state index is -0.749. The Labute approximate surface area is 156 Å². The molecule has 3 N–H and O–H groups in total. The van der Waals surface area contributed by atoms with Gasteiger partial charge in [-0.1, -0.05) is 69.7 Å². The molecule has 0 saturated carbocycles. The van der Waals surface area contributed by atoms with Gasteiger partial charge in [0.15, 0.2) is 0 Å². The fraction of sp³-hybridized carbons (Fsp3) is 0.944. The van der Waals surface area contributed by atoms with Crippen LogP contribution >= 0.6 is 12.0 Å². The summed E-state index contributed by atoms with van der Waals surface area (Å²) in [5.41, 5.74) is 0. The van der Waals surface area contributed by atoms with E-state index < -0.39 is 12.1 Å². The number of carboxylic acid groups (broad SMARTS) is 1. The monoisotopic (exact) mass is 380 g/mol. The quantitative estimate of drug-likeness (QED) is 0.120. The van der Waals surface area contributed by atoms with E-state index in [0.29, 0.717) is 19.3 Å². The Bertz CT molecular complexity index is 303. The average molecular weight is 381 g/mol. The number of hydrogen-bond donors (Lipinski definition) is 3. The highest BCUT2D eigenvalue weighted by Gasteiger charge is 2.16. The lowest BCUT2D eigenvalue weighted by Crippen LogP contribution is -2.16. The first-order valence-corrected chi connectivity index (χ1v) is 10.4. The summed E-state index contributed by atoms with van der Waals surface area (Å²) >= 11 is 1.07. The van der Waals surface area contributed by atoms with Crippen LogP contribution in [0, 0.1) is 0 Å². The molecule has 0 fully saturated rings. The van der Waals surface area contributed by atoms with E-state index in [1.54, 1.807) is 0 Å². The van der Waals surface area contributed by atoms with Crippen LogP contribution in [-0.4, -0.2) is 32.8 Å². The van der Waals surface area contributed by atoms with E-state index in [-0.39, 0.29) is 11.7 Å². The normalized spacial score (nSPS) is 13.7. The van der Waals surface area contributed by atoms with Crippen molar-refractivity contribution in [3.05, 3.63) is 0 Å². The van der Waals surface area contributed by atoms with Crippen LogP contribution in [0.25, 0.3) is 0 Å². The summed E-state index contributed by atoms with van der Waals surface area (Å²) in [6, 6.07) is 0. The van der Waals surface area contributed by atoms with Crippen molar-refractivity contribution in [2.75, 3.05) is 0 Å². The number of aliphatic hydroxyl groups excluding tert-OH is 1. The molecule has 6 nitrogen and oxygen atoms in total. The smallest absolute Gasteiger partial charge is 0.303 e. The number of carbonyl (C=O) groups is 1. The van der Waals surface area contributed by atoms with Gasteiger partial charge < -0.3 is 10.2 Å². The zero-order chi connectivity index (χ0) is 18.8. The summed E-state index contributed by atoms with van der Waals surface area (Å²) in [5.74, 6) is -0.749. The molecule has 25 heavy (non-hydrogen) atoms. The lowest BCUT2D eigenvalue weighted by Gasteiger charge is -2.18. The highest BCUT2D eigenvalue weighted by molar-refractivity contribution is 7.95. The lowest BCUT2D eigenvalue weighted by molar-refractivity contribution is -0.432. The van der Waals surface area contributed by atoms with Gasteiger partial charge in [0.2, 0.25) is 0 Å². The molecule has 0 aliphatic heterocycles. The third-order valence-electron chi connectivity index (χ3n) is 4.30. The van der Waals surface area contributed by atoms with Gasteiger partial charge in [0.25, 0.3) is 0 Å². The molecule has 0 spiro atoms. The first-order chi connectivity index (χ1) is 12.1. The molecular formula is C18H36O6S. The molecule has 2 atom stereocenters. The van der Waals surface area contributed by atoms with E-state index in [9.17, 15) is 9.90 Å². The van der Waals surface area contributed by atoms with Gasteiger partial charge in [-0.05, 0) is 25.7 Å². The second-order valence-corrected chi connectivity index (χ2v) is 7.65. The Balaban J connectivity index is 3.80. The SMILES string of the molecule is CCCCCCCCC(CC(O)CCCCCCC(=O)O)SOOO. The second-order valence-electron chi connectivity index (χ2n) is 6.65. The molecule has 0 bridgehead atoms. The van der Waals surface area contributed by atoms with Crippen LogP contribution < -0.4 is 0 Å². The molecule has 2 unspecified atom stereocenters. The predicted octanol–water partition coefficient (Wildman–Crippen LogP) is 5.35. The van der Waals surface area contributed by atoms with Crippen molar-refractivity contribution < 1.29 is 29.6 Å². The van der Waals surface area contributed by atoms with Crippen molar-refractivity contribution in [3.8, 4) is 0 Å². The van der Waals surface area contributed by atoms with Gasteiger partial charge in [-0.25, -0.2) is 5.26 Å². The third-order valence-corrected chi connectivity index (χ3v) is 5.14. The molecule has 0 saturated heterocycles. The first kappa shape index (κ1) is 24.7. The maximum Gasteiger partial charge on any atom is 0.303 e. The molecule has 150 valence electrons. The highest BCUT2D eigenvalue weighted by Crippen LogP contribution is 2.25. The molecule has 0 aliphatic carbocycles. The second kappa shape index (κ2) is 18.5. The van der Waals surface area contributed by atoms with Gasteiger partial charge in [-0.15, -0.1) is 4.33 Å². The minimum Gasteiger partial charge on any atom is -0.481 e. The topological polar surface area (TPSA) is 96.2 Å². The highest BCUT2D eigenvalue weighted by atomic mass is 32.2. The van der Waals surface area contributed by atoms with E-state index in [0.717, 1.165) is 44.1 Å². The minimum absolute atomic E-state index is 0.0975. The number of aliphatic carboxylic acids is 1. The number of carboxylic acids is 1. The van der Waals surface area contributed by atoms with Gasteiger partial charge in [0.05, 0.1) is 6.10 Å². The molecule has 0 heterocycles. The first-order valence-electron chi connectivity index (χ1n) is 9.63. The number of hydrogen-bond acceptors (Lipinski definition) is 6. The van der Waals surface area contributed by atoms with Crippen LogP contribution in [0.5, 0.6) is 0 Å². The molecule has 0 aromatic heterocycles. The van der Waals surface area contributed by atoms with Crippen molar-refractivity contribution in [2.24, 2.45) is 0 Å². The van der Waals surface area contributed by atoms with Crippen molar-refractivity contribution in [1.29, 1.82) is 0 Å². The van der Waals surface area contributed by atoms with Crippen molar-refractivity contribution >= 4 is 18.0 Å². The summed E-state index contributed by atoms with van der Waals surface area (Å²) in [6.07, 6.45) is 12.8. The largest absolute Gasteiger partial charge is 0.481 e. The predicted molar refractivity (Wildman–Crippen MR) is 100 cm³/mol. The zero-order valence-electron chi connectivity index (χ0n) is 15.5. The number of unbranched alkanes of at least 4 members (excludes halogenated alkanes) is 8. The van der Waals surface area contributed by atoms with E-state index in [1.807, 2.05) is 0 Å². The van der Waals surface area contributed by atoms with Crippen molar-refractivity contribution in [1.82, 2.24) is 0 Å². The maximum absolute atomic E-state index is 10.4. The van der Waals surface area contributed by atoms with Gasteiger partial charge in [0, 0.05) is 23.7 Å². The molecule has 7 heteroatoms. The summed E-state index contributed by atoms with van der Waals surface area (Å²) in [6.45, 7) is 2.20. The van der Waals surface area contributed by atoms with Crippen molar-refractivity contribution in [2.45, 2.75) is 108 Å². The zero-order valence-corrected chi connectivity index (χ0v) is 16.3. The molecule has 0 rings (SSSR count). The van der Waals surface area contributed by atoms with Crippen LogP contribution in [0.15, 0.2) is 0 Å². The van der Waals surface area contributed by atoms with Crippen LogP contribution in [-0.2, 0) is 14.2 Å². The van der Waals surface area contributed by atoms with Crippen LogP contribution in [0.1, 0.15) is 96.8 Å². The number of rotatable bonds is 19. The van der Waals surface area contributed by atoms with Crippen LogP contribution in [0.4, 0.5) is 0 Å². The van der Waals surface area contributed by atoms with Gasteiger partial charge in [-0.3, -0.25) is 4.79 Å². The van der Waals surface area contributed by atoms with Crippen molar-refractivity contribution in [3.63, 3.8) is 0 Å². The van der Waals surface area contributed by atoms with E-state index in [1.165, 1.54) is 32.1 Å². The summed E-state index contributed by atoms with van der Waals surface area (Å²) in [7, 11) is 0. The Kier molecular flexibility index (Phi) is 18.2. The van der Waals surface area contributed by atoms with E-state index >= 15 is 0 Å². The number of aliphatic hydroxyl groups is 1. The molecular weight excluding hydrogens is 344 g/mol. The standard InChI is InChI=1S/C18H36O6S/c1-2-3-4-5-6-10-13-17(25-24-23-22)15-16(19)12-9-7-8-11-14-18(20)21/h16-17,19,22H,2-15H2,1H3,(H,20,21). The Hall–Kier alpha value is -0.340. The summed E-state index contributed by atoms with van der Waals surface area (Å²) < 4.78 is 4.58. The molecule has 0 amide bonds. The van der Waals surface area contributed by atoms with E-state index in [2.05, 4.69) is 16.3 Å². The van der Waals surface area contributed by atoms with Gasteiger partial charge in [-0.2, -0.15) is 0 Å². The van der Waals surface area contributed by atoms with Gasteiger partial charge >= 0.3 is 5.97 Å². The van der Waals surface area contributed by atoms with Crippen LogP contribution in [0.2, 0.25) is 0 Å². The summed E-state index contributed by atoms with van der Waals surface area (Å²) in [5, 5.41) is 30.9.